The first kappa shape index (κ1) is 19.4. The van der Waals surface area contributed by atoms with E-state index in [2.05, 4.69) is 22.0 Å². The average Bonchev–Trinajstić information content (AvgIpc) is 3.20. The van der Waals surface area contributed by atoms with Crippen LogP contribution in [0.25, 0.3) is 11.1 Å². The van der Waals surface area contributed by atoms with Crippen molar-refractivity contribution in [3.05, 3.63) is 36.4 Å². The highest BCUT2D eigenvalue weighted by atomic mass is 19.1. The number of carbonyl (C=O) groups is 1. The van der Waals surface area contributed by atoms with E-state index in [-0.39, 0.29) is 11.7 Å². The lowest BCUT2D eigenvalue weighted by molar-refractivity contribution is -0.142. The lowest BCUT2D eigenvalue weighted by Crippen LogP contribution is -2.35. The van der Waals surface area contributed by atoms with Gasteiger partial charge in [-0.2, -0.15) is 5.10 Å². The molecular formula is C21H28FN3O2. The number of carboxylic acid groups (broad SMARTS) is 1. The predicted octanol–water partition coefficient (Wildman–Crippen LogP) is 4.71. The summed E-state index contributed by atoms with van der Waals surface area (Å²) < 4.78 is 14.6. The number of benzene rings is 1. The van der Waals surface area contributed by atoms with Crippen LogP contribution in [0.1, 0.15) is 45.4 Å². The second-order valence-electron chi connectivity index (χ2n) is 7.50. The molecule has 1 fully saturated rings. The Morgan fingerprint density at radius 3 is 2.74 bits per heavy atom. The lowest BCUT2D eigenvalue weighted by atomic mass is 9.85. The van der Waals surface area contributed by atoms with E-state index in [1.807, 2.05) is 12.1 Å². The zero-order chi connectivity index (χ0) is 19.2. The monoisotopic (exact) mass is 373 g/mol. The number of nitrogens with zero attached hydrogens (tertiary/aromatic N) is 2. The molecule has 0 bridgehead atoms. The number of unbranched alkanes of at least 4 members (excludes halogenated alkanes) is 1. The number of aliphatic carboxylic acids is 1. The summed E-state index contributed by atoms with van der Waals surface area (Å²) in [7, 11) is 0. The number of halogens is 1. The molecule has 1 aromatic carbocycles. The molecule has 1 aliphatic rings. The topological polar surface area (TPSA) is 69.2 Å². The zero-order valence-corrected chi connectivity index (χ0v) is 15.8. The van der Waals surface area contributed by atoms with Crippen molar-refractivity contribution >= 4 is 11.7 Å². The Morgan fingerprint density at radius 2 is 2.15 bits per heavy atom. The van der Waals surface area contributed by atoms with Gasteiger partial charge >= 0.3 is 5.97 Å². The number of piperidine rings is 1. The van der Waals surface area contributed by atoms with Gasteiger partial charge in [0.05, 0.1) is 17.8 Å². The number of aromatic nitrogens is 2. The molecule has 1 aliphatic heterocycles. The molecule has 27 heavy (non-hydrogen) atoms. The van der Waals surface area contributed by atoms with Crippen molar-refractivity contribution in [3.8, 4) is 11.1 Å². The van der Waals surface area contributed by atoms with Crippen molar-refractivity contribution < 1.29 is 14.3 Å². The Hall–Kier alpha value is -2.37. The quantitative estimate of drug-likeness (QED) is 0.703. The molecule has 146 valence electrons. The predicted molar refractivity (Wildman–Crippen MR) is 104 cm³/mol. The van der Waals surface area contributed by atoms with E-state index in [0.29, 0.717) is 11.6 Å². The number of nitrogens with one attached hydrogen (secondary N) is 1. The Balaban J connectivity index is 1.58. The fourth-order valence-electron chi connectivity index (χ4n) is 3.96. The van der Waals surface area contributed by atoms with Gasteiger partial charge in [-0.05, 0) is 49.3 Å². The highest BCUT2D eigenvalue weighted by molar-refractivity contribution is 5.70. The molecule has 2 aromatic rings. The lowest BCUT2D eigenvalue weighted by Gasteiger charge is -2.34. The van der Waals surface area contributed by atoms with Gasteiger partial charge in [-0.15, -0.1) is 0 Å². The molecule has 0 aliphatic carbocycles. The smallest absolute Gasteiger partial charge is 0.306 e. The summed E-state index contributed by atoms with van der Waals surface area (Å²) in [6.07, 6.45) is 8.74. The number of hydrogen-bond donors (Lipinski definition) is 2. The van der Waals surface area contributed by atoms with Crippen molar-refractivity contribution in [1.82, 2.24) is 10.2 Å². The minimum atomic E-state index is -0.674. The second kappa shape index (κ2) is 9.02. The van der Waals surface area contributed by atoms with Crippen molar-refractivity contribution in [2.75, 3.05) is 18.0 Å². The van der Waals surface area contributed by atoms with Gasteiger partial charge < -0.3 is 10.0 Å². The normalized spacial score (nSPS) is 16.4. The minimum Gasteiger partial charge on any atom is -0.481 e. The van der Waals surface area contributed by atoms with Crippen LogP contribution in [0.5, 0.6) is 0 Å². The van der Waals surface area contributed by atoms with Gasteiger partial charge in [0.1, 0.15) is 5.82 Å². The minimum absolute atomic E-state index is 0.224. The van der Waals surface area contributed by atoms with E-state index in [1.54, 1.807) is 18.5 Å². The van der Waals surface area contributed by atoms with Crippen LogP contribution in [0.4, 0.5) is 10.1 Å². The van der Waals surface area contributed by atoms with E-state index in [1.165, 1.54) is 0 Å². The van der Waals surface area contributed by atoms with Gasteiger partial charge in [0.25, 0.3) is 0 Å². The van der Waals surface area contributed by atoms with Crippen LogP contribution >= 0.6 is 0 Å². The molecule has 1 unspecified atom stereocenters. The third-order valence-electron chi connectivity index (χ3n) is 5.61. The van der Waals surface area contributed by atoms with Crippen LogP contribution in [-0.4, -0.2) is 34.4 Å². The molecule has 6 heteroatoms. The number of rotatable bonds is 8. The summed E-state index contributed by atoms with van der Waals surface area (Å²) >= 11 is 0. The van der Waals surface area contributed by atoms with Crippen molar-refractivity contribution in [1.29, 1.82) is 0 Å². The fraction of sp³-hybridized carbons (Fsp3) is 0.524. The Labute approximate surface area is 159 Å². The van der Waals surface area contributed by atoms with Gasteiger partial charge in [0.15, 0.2) is 0 Å². The molecule has 1 saturated heterocycles. The average molecular weight is 373 g/mol. The summed E-state index contributed by atoms with van der Waals surface area (Å²) in [6.45, 7) is 3.63. The highest BCUT2D eigenvalue weighted by Gasteiger charge is 2.26. The van der Waals surface area contributed by atoms with E-state index in [9.17, 15) is 14.3 Å². The maximum Gasteiger partial charge on any atom is 0.306 e. The number of carboxylic acids is 1. The molecule has 1 atom stereocenters. The first-order valence-corrected chi connectivity index (χ1v) is 9.85. The SMILES string of the molecule is CCCCC(CC1CCN(c2ccc(-c3cn[nH]c3)cc2F)CC1)C(=O)O. The number of hydrogen-bond acceptors (Lipinski definition) is 3. The van der Waals surface area contributed by atoms with Crippen LogP contribution in [0, 0.1) is 17.7 Å². The van der Waals surface area contributed by atoms with Gasteiger partial charge in [-0.3, -0.25) is 9.89 Å². The van der Waals surface area contributed by atoms with Crippen LogP contribution < -0.4 is 4.90 Å². The van der Waals surface area contributed by atoms with Gasteiger partial charge in [-0.25, -0.2) is 4.39 Å². The van der Waals surface area contributed by atoms with Crippen molar-refractivity contribution in [2.24, 2.45) is 11.8 Å². The number of aromatic amines is 1. The summed E-state index contributed by atoms with van der Waals surface area (Å²) in [5.41, 5.74) is 2.30. The van der Waals surface area contributed by atoms with Crippen molar-refractivity contribution in [3.63, 3.8) is 0 Å². The Bertz CT molecular complexity index is 740. The fourth-order valence-corrected chi connectivity index (χ4v) is 3.96. The molecule has 1 aromatic heterocycles. The summed E-state index contributed by atoms with van der Waals surface area (Å²) in [4.78, 5) is 13.5. The molecule has 0 radical (unpaired) electrons. The number of H-pyrrole nitrogens is 1. The summed E-state index contributed by atoms with van der Waals surface area (Å²) in [5, 5.41) is 16.1. The van der Waals surface area contributed by atoms with Gasteiger partial charge in [0.2, 0.25) is 0 Å². The van der Waals surface area contributed by atoms with E-state index < -0.39 is 5.97 Å². The molecule has 5 nitrogen and oxygen atoms in total. The van der Waals surface area contributed by atoms with Crippen LogP contribution in [0.15, 0.2) is 30.6 Å². The molecule has 2 heterocycles. The third kappa shape index (κ3) is 4.87. The molecule has 3 rings (SSSR count). The first-order chi connectivity index (χ1) is 13.1. The molecule has 0 amide bonds. The maximum absolute atomic E-state index is 14.6. The largest absolute Gasteiger partial charge is 0.481 e. The van der Waals surface area contributed by atoms with E-state index in [0.717, 1.165) is 62.7 Å². The molecule has 2 N–H and O–H groups in total. The zero-order valence-electron chi connectivity index (χ0n) is 15.8. The molecule has 0 spiro atoms. The van der Waals surface area contributed by atoms with Gasteiger partial charge in [-0.1, -0.05) is 25.8 Å². The summed E-state index contributed by atoms with van der Waals surface area (Å²) in [5.74, 6) is -0.731. The Morgan fingerprint density at radius 1 is 1.37 bits per heavy atom. The highest BCUT2D eigenvalue weighted by Crippen LogP contribution is 2.32. The second-order valence-corrected chi connectivity index (χ2v) is 7.50. The van der Waals surface area contributed by atoms with Crippen LogP contribution in [-0.2, 0) is 4.79 Å². The maximum atomic E-state index is 14.6. The van der Waals surface area contributed by atoms with E-state index >= 15 is 0 Å². The van der Waals surface area contributed by atoms with Crippen LogP contribution in [0.3, 0.4) is 0 Å². The van der Waals surface area contributed by atoms with E-state index in [4.69, 9.17) is 0 Å². The summed E-state index contributed by atoms with van der Waals surface area (Å²) in [6, 6.07) is 5.30. The molecular weight excluding hydrogens is 345 g/mol. The van der Waals surface area contributed by atoms with Gasteiger partial charge in [0, 0.05) is 24.8 Å². The van der Waals surface area contributed by atoms with Crippen LogP contribution in [0.2, 0.25) is 0 Å². The Kier molecular flexibility index (Phi) is 6.48. The molecule has 0 saturated carbocycles. The van der Waals surface area contributed by atoms with Crippen molar-refractivity contribution in [2.45, 2.75) is 45.4 Å². The third-order valence-corrected chi connectivity index (χ3v) is 5.61. The first-order valence-electron chi connectivity index (χ1n) is 9.85. The number of anilines is 1. The standard InChI is InChI=1S/C21H28FN3O2/c1-2-3-4-17(21(26)27)11-15-7-9-25(10-8-15)20-6-5-16(12-19(20)22)18-13-23-24-14-18/h5-6,12-15,17H,2-4,7-11H2,1H3,(H,23,24)(H,26,27).